The van der Waals surface area contributed by atoms with Crippen molar-refractivity contribution in [2.75, 3.05) is 4.72 Å². The minimum Gasteiger partial charge on any atom is -0.279 e. The molecule has 27 heavy (non-hydrogen) atoms. The molecule has 0 fully saturated rings. The van der Waals surface area contributed by atoms with Gasteiger partial charge in [-0.1, -0.05) is 29.5 Å². The number of fused-ring (bicyclic) bond motifs is 3. The fourth-order valence-corrected chi connectivity index (χ4v) is 5.22. The van der Waals surface area contributed by atoms with Crippen molar-refractivity contribution >= 4 is 42.2 Å². The molecule has 0 aliphatic rings. The molecule has 138 valence electrons. The fraction of sp³-hybridized carbons (Fsp3) is 0.111. The van der Waals surface area contributed by atoms with Crippen molar-refractivity contribution in [2.24, 2.45) is 0 Å². The number of hydrogen-bond acceptors (Lipinski definition) is 5. The Hall–Kier alpha value is -2.78. The van der Waals surface area contributed by atoms with E-state index < -0.39 is 26.3 Å². The summed E-state index contributed by atoms with van der Waals surface area (Å²) in [5.41, 5.74) is 0.425. The average Bonchev–Trinajstić information content (AvgIpc) is 2.95. The molecule has 2 aromatic heterocycles. The second kappa shape index (κ2) is 6.14. The maximum absolute atomic E-state index is 13.7. The first-order valence-corrected chi connectivity index (χ1v) is 10.3. The molecule has 0 bridgehead atoms. The normalized spacial score (nSPS) is 12.0. The number of para-hydroxylation sites is 1. The van der Waals surface area contributed by atoms with Crippen LogP contribution in [0.4, 0.5) is 10.1 Å². The summed E-state index contributed by atoms with van der Waals surface area (Å²) in [5.74, 6) is -0.541. The number of sulfonamides is 1. The lowest BCUT2D eigenvalue weighted by atomic mass is 10.2. The minimum absolute atomic E-state index is 0.0390. The van der Waals surface area contributed by atoms with E-state index in [0.29, 0.717) is 16.0 Å². The largest absolute Gasteiger partial charge is 0.280 e. The average molecular weight is 403 g/mol. The minimum atomic E-state index is -4.25. The van der Waals surface area contributed by atoms with E-state index in [1.165, 1.54) is 34.8 Å². The summed E-state index contributed by atoms with van der Waals surface area (Å²) in [6, 6.07) is 11.1. The number of anilines is 1. The van der Waals surface area contributed by atoms with Gasteiger partial charge in [0.15, 0.2) is 9.86 Å². The van der Waals surface area contributed by atoms with Gasteiger partial charge in [0.1, 0.15) is 5.82 Å². The monoisotopic (exact) mass is 403 g/mol. The Kier molecular flexibility index (Phi) is 4.01. The van der Waals surface area contributed by atoms with Crippen LogP contribution in [0.3, 0.4) is 0 Å². The maximum atomic E-state index is 13.7. The van der Waals surface area contributed by atoms with Crippen LogP contribution in [0.25, 0.3) is 15.2 Å². The SMILES string of the molecule is Cc1ccc(NS(=O)(=O)c2c(C)nc3sc4ccccc4n3c2=O)cc1F. The standard InChI is InChI=1S/C18H14FN3O3S2/c1-10-7-8-12(9-13(10)19)21-27(24,25)16-11(2)20-18-22(17(16)23)14-5-3-4-6-15(14)26-18/h3-9,21H,1-2H3. The zero-order chi connectivity index (χ0) is 19.3. The third kappa shape index (κ3) is 2.88. The van der Waals surface area contributed by atoms with Crippen LogP contribution in [-0.2, 0) is 10.0 Å². The van der Waals surface area contributed by atoms with Crippen molar-refractivity contribution in [3.05, 3.63) is 69.9 Å². The van der Waals surface area contributed by atoms with Crippen molar-refractivity contribution in [3.8, 4) is 0 Å². The van der Waals surface area contributed by atoms with E-state index in [1.807, 2.05) is 12.1 Å². The number of rotatable bonds is 3. The van der Waals surface area contributed by atoms with Crippen LogP contribution in [0, 0.1) is 19.7 Å². The number of nitrogens with one attached hydrogen (secondary N) is 1. The molecule has 4 rings (SSSR count). The molecular weight excluding hydrogens is 389 g/mol. The fourth-order valence-electron chi connectivity index (χ4n) is 2.87. The molecule has 0 amide bonds. The first-order valence-electron chi connectivity index (χ1n) is 7.98. The molecule has 6 nitrogen and oxygen atoms in total. The van der Waals surface area contributed by atoms with E-state index in [9.17, 15) is 17.6 Å². The van der Waals surface area contributed by atoms with Crippen LogP contribution in [0.5, 0.6) is 0 Å². The number of hydrogen-bond donors (Lipinski definition) is 1. The van der Waals surface area contributed by atoms with Crippen molar-refractivity contribution < 1.29 is 12.8 Å². The van der Waals surface area contributed by atoms with Crippen LogP contribution < -0.4 is 10.3 Å². The molecule has 0 spiro atoms. The number of aromatic nitrogens is 2. The number of nitrogens with zero attached hydrogens (tertiary/aromatic N) is 2. The maximum Gasteiger partial charge on any atom is 0.280 e. The Morgan fingerprint density at radius 2 is 1.89 bits per heavy atom. The number of aryl methyl sites for hydroxylation is 2. The summed E-state index contributed by atoms with van der Waals surface area (Å²) in [4.78, 5) is 17.3. The second-order valence-corrected chi connectivity index (χ2v) is 8.72. The summed E-state index contributed by atoms with van der Waals surface area (Å²) in [5, 5.41) is 0. The molecule has 0 atom stereocenters. The topological polar surface area (TPSA) is 80.5 Å². The Balaban J connectivity index is 1.93. The van der Waals surface area contributed by atoms with E-state index in [2.05, 4.69) is 9.71 Å². The zero-order valence-corrected chi connectivity index (χ0v) is 16.0. The molecule has 9 heteroatoms. The summed E-state index contributed by atoms with van der Waals surface area (Å²) in [6.07, 6.45) is 0. The van der Waals surface area contributed by atoms with Crippen LogP contribution >= 0.6 is 11.3 Å². The summed E-state index contributed by atoms with van der Waals surface area (Å²) in [6.45, 7) is 3.04. The highest BCUT2D eigenvalue weighted by molar-refractivity contribution is 7.92. The molecule has 0 saturated heterocycles. The van der Waals surface area contributed by atoms with Crippen molar-refractivity contribution in [1.29, 1.82) is 0 Å². The summed E-state index contributed by atoms with van der Waals surface area (Å²) < 4.78 is 43.8. The van der Waals surface area contributed by atoms with Gasteiger partial charge in [0.25, 0.3) is 15.6 Å². The summed E-state index contributed by atoms with van der Waals surface area (Å²) in [7, 11) is -4.25. The van der Waals surface area contributed by atoms with Gasteiger partial charge in [0.05, 0.1) is 21.6 Å². The van der Waals surface area contributed by atoms with Crippen molar-refractivity contribution in [1.82, 2.24) is 9.38 Å². The van der Waals surface area contributed by atoms with Crippen LogP contribution in [0.1, 0.15) is 11.3 Å². The van der Waals surface area contributed by atoms with Crippen LogP contribution in [0.15, 0.2) is 52.2 Å². The van der Waals surface area contributed by atoms with E-state index in [4.69, 9.17) is 0 Å². The van der Waals surface area contributed by atoms with Crippen molar-refractivity contribution in [3.63, 3.8) is 0 Å². The third-order valence-corrected chi connectivity index (χ3v) is 6.71. The quantitative estimate of drug-likeness (QED) is 0.568. The Bertz CT molecular complexity index is 1370. The van der Waals surface area contributed by atoms with Crippen LogP contribution in [0.2, 0.25) is 0 Å². The van der Waals surface area contributed by atoms with E-state index in [1.54, 1.807) is 19.1 Å². The van der Waals surface area contributed by atoms with E-state index in [-0.39, 0.29) is 11.4 Å². The molecular formula is C18H14FN3O3S2. The van der Waals surface area contributed by atoms with Gasteiger partial charge in [-0.2, -0.15) is 0 Å². The second-order valence-electron chi connectivity index (χ2n) is 6.09. The van der Waals surface area contributed by atoms with Gasteiger partial charge in [0.2, 0.25) is 0 Å². The summed E-state index contributed by atoms with van der Waals surface area (Å²) >= 11 is 1.30. The third-order valence-electron chi connectivity index (χ3n) is 4.18. The molecule has 0 aliphatic carbocycles. The van der Waals surface area contributed by atoms with E-state index >= 15 is 0 Å². The highest BCUT2D eigenvalue weighted by atomic mass is 32.2. The zero-order valence-electron chi connectivity index (χ0n) is 14.4. The molecule has 4 aromatic rings. The number of halogens is 1. The predicted octanol–water partition coefficient (Wildman–Crippen LogP) is 3.47. The highest BCUT2D eigenvalue weighted by Crippen LogP contribution is 2.25. The molecule has 0 aliphatic heterocycles. The van der Waals surface area contributed by atoms with Crippen LogP contribution in [-0.4, -0.2) is 17.8 Å². The van der Waals surface area contributed by atoms with Gasteiger partial charge >= 0.3 is 0 Å². The number of benzene rings is 2. The lowest BCUT2D eigenvalue weighted by Gasteiger charge is -2.10. The van der Waals surface area contributed by atoms with Gasteiger partial charge in [-0.05, 0) is 43.7 Å². The van der Waals surface area contributed by atoms with Gasteiger partial charge in [-0.3, -0.25) is 9.52 Å². The Morgan fingerprint density at radius 3 is 2.63 bits per heavy atom. The van der Waals surface area contributed by atoms with E-state index in [0.717, 1.165) is 10.8 Å². The molecule has 0 unspecified atom stereocenters. The van der Waals surface area contributed by atoms with Gasteiger partial charge in [-0.25, -0.2) is 22.2 Å². The first kappa shape index (κ1) is 17.6. The van der Waals surface area contributed by atoms with Gasteiger partial charge in [-0.15, -0.1) is 0 Å². The molecule has 1 N–H and O–H groups in total. The van der Waals surface area contributed by atoms with Gasteiger partial charge < -0.3 is 0 Å². The van der Waals surface area contributed by atoms with Gasteiger partial charge in [0, 0.05) is 0 Å². The first-order chi connectivity index (χ1) is 12.8. The lowest BCUT2D eigenvalue weighted by molar-refractivity contribution is 0.598. The lowest BCUT2D eigenvalue weighted by Crippen LogP contribution is -2.27. The number of thiazole rings is 1. The molecule has 0 saturated carbocycles. The molecule has 2 aromatic carbocycles. The predicted molar refractivity (Wildman–Crippen MR) is 104 cm³/mol. The Labute approximate surface area is 158 Å². The smallest absolute Gasteiger partial charge is 0.279 e. The Morgan fingerprint density at radius 1 is 1.15 bits per heavy atom. The highest BCUT2D eigenvalue weighted by Gasteiger charge is 2.25. The molecule has 2 heterocycles. The van der Waals surface area contributed by atoms with Crippen molar-refractivity contribution in [2.45, 2.75) is 18.7 Å². The molecule has 0 radical (unpaired) electrons.